The summed E-state index contributed by atoms with van der Waals surface area (Å²) in [5, 5.41) is 8.98. The van der Waals surface area contributed by atoms with Crippen LogP contribution in [0.1, 0.15) is 48.8 Å². The lowest BCUT2D eigenvalue weighted by Gasteiger charge is -2.32. The zero-order valence-corrected chi connectivity index (χ0v) is 12.4. The van der Waals surface area contributed by atoms with Gasteiger partial charge in [0, 0.05) is 18.5 Å². The fraction of sp³-hybridized carbons (Fsp3) is 0.611. The Morgan fingerprint density at radius 2 is 1.90 bits per heavy atom. The van der Waals surface area contributed by atoms with Crippen LogP contribution in [0.15, 0.2) is 18.2 Å². The van der Waals surface area contributed by atoms with Crippen molar-refractivity contribution in [3.05, 3.63) is 34.9 Å². The van der Waals surface area contributed by atoms with Crippen LogP contribution < -0.4 is 0 Å². The molecule has 2 aliphatic rings. The highest BCUT2D eigenvalue weighted by atomic mass is 15.1. The maximum absolute atomic E-state index is 8.98. The molecule has 0 N–H and O–H groups in total. The zero-order valence-electron chi connectivity index (χ0n) is 12.4. The van der Waals surface area contributed by atoms with Crippen molar-refractivity contribution in [1.29, 1.82) is 5.26 Å². The molecule has 2 aliphatic carbocycles. The number of rotatable bonds is 3. The average Bonchev–Trinajstić information content (AvgIpc) is 2.95. The Hall–Kier alpha value is -1.33. The largest absolute Gasteiger partial charge is 0.299 e. The molecule has 2 heteroatoms. The topological polar surface area (TPSA) is 27.0 Å². The number of nitrogens with zero attached hydrogens (tertiary/aromatic N) is 2. The average molecular weight is 268 g/mol. The van der Waals surface area contributed by atoms with E-state index in [1.54, 1.807) is 11.1 Å². The normalized spacial score (nSPS) is 25.4. The van der Waals surface area contributed by atoms with Crippen LogP contribution in [0.5, 0.6) is 0 Å². The van der Waals surface area contributed by atoms with Gasteiger partial charge >= 0.3 is 0 Å². The highest BCUT2D eigenvalue weighted by Gasteiger charge is 2.24. The summed E-state index contributed by atoms with van der Waals surface area (Å²) in [6.45, 7) is 1.05. The van der Waals surface area contributed by atoms with Gasteiger partial charge in [0.05, 0.1) is 6.07 Å². The highest BCUT2D eigenvalue weighted by Crippen LogP contribution is 2.28. The van der Waals surface area contributed by atoms with Crippen LogP contribution >= 0.6 is 0 Å². The quantitative estimate of drug-likeness (QED) is 0.836. The molecule has 0 atom stereocenters. The van der Waals surface area contributed by atoms with Crippen molar-refractivity contribution >= 4 is 0 Å². The molecule has 1 aromatic rings. The van der Waals surface area contributed by atoms with Gasteiger partial charge in [-0.2, -0.15) is 5.26 Å². The molecule has 0 aromatic heterocycles. The lowest BCUT2D eigenvalue weighted by atomic mass is 9.86. The lowest BCUT2D eigenvalue weighted by Crippen LogP contribution is -2.34. The molecule has 20 heavy (non-hydrogen) atoms. The summed E-state index contributed by atoms with van der Waals surface area (Å²) in [5.74, 6) is 0.305. The van der Waals surface area contributed by atoms with Gasteiger partial charge in [0.15, 0.2) is 0 Å². The Labute approximate surface area is 122 Å². The molecule has 106 valence electrons. The van der Waals surface area contributed by atoms with Crippen molar-refractivity contribution < 1.29 is 0 Å². The second-order valence-corrected chi connectivity index (χ2v) is 6.51. The van der Waals surface area contributed by atoms with Gasteiger partial charge in [0.25, 0.3) is 0 Å². The predicted molar refractivity (Wildman–Crippen MR) is 81.3 cm³/mol. The summed E-state index contributed by atoms with van der Waals surface area (Å²) in [6, 6.07) is 10.1. The summed E-state index contributed by atoms with van der Waals surface area (Å²) in [4.78, 5) is 2.49. The van der Waals surface area contributed by atoms with Crippen LogP contribution in [-0.4, -0.2) is 18.0 Å². The minimum atomic E-state index is 0.305. The van der Waals surface area contributed by atoms with Crippen LogP contribution in [0.2, 0.25) is 0 Å². The molecular formula is C18H24N2. The van der Waals surface area contributed by atoms with E-state index in [4.69, 9.17) is 5.26 Å². The Morgan fingerprint density at radius 1 is 1.15 bits per heavy atom. The Morgan fingerprint density at radius 3 is 2.65 bits per heavy atom. The molecule has 0 heterocycles. The van der Waals surface area contributed by atoms with E-state index in [1.165, 1.54) is 37.7 Å². The van der Waals surface area contributed by atoms with E-state index in [1.807, 2.05) is 0 Å². The van der Waals surface area contributed by atoms with Crippen LogP contribution in [0.25, 0.3) is 0 Å². The van der Waals surface area contributed by atoms with Gasteiger partial charge < -0.3 is 0 Å². The number of hydrogen-bond donors (Lipinski definition) is 0. The Kier molecular flexibility index (Phi) is 4.08. The van der Waals surface area contributed by atoms with E-state index in [2.05, 4.69) is 36.2 Å². The van der Waals surface area contributed by atoms with Gasteiger partial charge in [-0.15, -0.1) is 0 Å². The molecule has 2 nitrogen and oxygen atoms in total. The molecule has 0 radical (unpaired) electrons. The van der Waals surface area contributed by atoms with Gasteiger partial charge in [-0.1, -0.05) is 18.2 Å². The molecule has 0 bridgehead atoms. The van der Waals surface area contributed by atoms with Gasteiger partial charge in [-0.05, 0) is 68.7 Å². The first-order valence-electron chi connectivity index (χ1n) is 7.97. The van der Waals surface area contributed by atoms with Crippen molar-refractivity contribution in [1.82, 2.24) is 4.90 Å². The fourth-order valence-electron chi connectivity index (χ4n) is 3.79. The molecule has 0 amide bonds. The SMILES string of the molecule is CN(Cc1ccc2c(c1)CCC2)C1CCC(C#N)CC1. The molecule has 1 fully saturated rings. The van der Waals surface area contributed by atoms with Crippen LogP contribution in [0.3, 0.4) is 0 Å². The van der Waals surface area contributed by atoms with Gasteiger partial charge in [-0.25, -0.2) is 0 Å². The van der Waals surface area contributed by atoms with E-state index in [-0.39, 0.29) is 0 Å². The number of aryl methyl sites for hydroxylation is 2. The van der Waals surface area contributed by atoms with Crippen LogP contribution in [-0.2, 0) is 19.4 Å². The summed E-state index contributed by atoms with van der Waals surface area (Å²) in [5.41, 5.74) is 4.59. The van der Waals surface area contributed by atoms with Crippen LogP contribution in [0.4, 0.5) is 0 Å². The molecule has 0 spiro atoms. The molecule has 3 rings (SSSR count). The molecule has 0 saturated heterocycles. The number of benzene rings is 1. The van der Waals surface area contributed by atoms with E-state index in [9.17, 15) is 0 Å². The third-order valence-corrected chi connectivity index (χ3v) is 5.10. The number of fused-ring (bicyclic) bond motifs is 1. The van der Waals surface area contributed by atoms with Crippen LogP contribution in [0, 0.1) is 17.2 Å². The number of hydrogen-bond acceptors (Lipinski definition) is 2. The molecule has 0 aliphatic heterocycles. The Bertz CT molecular complexity index is 507. The maximum atomic E-state index is 8.98. The first kappa shape index (κ1) is 13.6. The van der Waals surface area contributed by atoms with E-state index in [0.29, 0.717) is 12.0 Å². The zero-order chi connectivity index (χ0) is 13.9. The molecule has 0 unspecified atom stereocenters. The van der Waals surface area contributed by atoms with Crippen molar-refractivity contribution in [2.75, 3.05) is 7.05 Å². The minimum Gasteiger partial charge on any atom is -0.299 e. The summed E-state index contributed by atoms with van der Waals surface area (Å²) >= 11 is 0. The third-order valence-electron chi connectivity index (χ3n) is 5.10. The van der Waals surface area contributed by atoms with E-state index in [0.717, 1.165) is 19.4 Å². The van der Waals surface area contributed by atoms with E-state index >= 15 is 0 Å². The lowest BCUT2D eigenvalue weighted by molar-refractivity contribution is 0.171. The number of nitriles is 1. The van der Waals surface area contributed by atoms with E-state index < -0.39 is 0 Å². The summed E-state index contributed by atoms with van der Waals surface area (Å²) in [6.07, 6.45) is 8.38. The van der Waals surface area contributed by atoms with Crippen molar-refractivity contribution in [2.24, 2.45) is 5.92 Å². The smallest absolute Gasteiger partial charge is 0.0655 e. The second-order valence-electron chi connectivity index (χ2n) is 6.51. The summed E-state index contributed by atoms with van der Waals surface area (Å²) < 4.78 is 0. The second kappa shape index (κ2) is 5.97. The molecular weight excluding hydrogens is 244 g/mol. The standard InChI is InChI=1S/C18H24N2/c1-20(18-9-6-14(12-19)7-10-18)13-15-5-8-16-3-2-4-17(16)11-15/h5,8,11,14,18H,2-4,6-7,9-10,13H2,1H3. The van der Waals surface area contributed by atoms with Crippen molar-refractivity contribution in [3.8, 4) is 6.07 Å². The molecule has 1 saturated carbocycles. The maximum Gasteiger partial charge on any atom is 0.0655 e. The monoisotopic (exact) mass is 268 g/mol. The van der Waals surface area contributed by atoms with Crippen molar-refractivity contribution in [3.63, 3.8) is 0 Å². The minimum absolute atomic E-state index is 0.305. The first-order valence-corrected chi connectivity index (χ1v) is 7.97. The van der Waals surface area contributed by atoms with Gasteiger partial charge in [-0.3, -0.25) is 4.90 Å². The third kappa shape index (κ3) is 2.88. The summed E-state index contributed by atoms with van der Waals surface area (Å²) in [7, 11) is 2.24. The van der Waals surface area contributed by atoms with Gasteiger partial charge in [0.1, 0.15) is 0 Å². The Balaban J connectivity index is 1.59. The highest BCUT2D eigenvalue weighted by molar-refractivity contribution is 5.35. The van der Waals surface area contributed by atoms with Gasteiger partial charge in [0.2, 0.25) is 0 Å². The molecule has 1 aromatic carbocycles. The fourth-order valence-corrected chi connectivity index (χ4v) is 3.79. The predicted octanol–water partition coefficient (Wildman–Crippen LogP) is 3.69. The van der Waals surface area contributed by atoms with Crippen molar-refractivity contribution in [2.45, 2.75) is 57.5 Å². The first-order chi connectivity index (χ1) is 9.76.